The molecule has 15 heavy (non-hydrogen) atoms. The average Bonchev–Trinajstić information content (AvgIpc) is 2.48. The van der Waals surface area contributed by atoms with Gasteiger partial charge in [0, 0.05) is 0 Å². The molecule has 0 atom stereocenters. The van der Waals surface area contributed by atoms with E-state index in [4.69, 9.17) is 0 Å². The highest BCUT2D eigenvalue weighted by Gasteiger charge is 2.03. The lowest BCUT2D eigenvalue weighted by atomic mass is 10.0. The van der Waals surface area contributed by atoms with Crippen molar-refractivity contribution in [2.75, 3.05) is 0 Å². The lowest BCUT2D eigenvalue weighted by Crippen LogP contribution is -1.83. The van der Waals surface area contributed by atoms with Crippen LogP contribution in [0.2, 0.25) is 0 Å². The summed E-state index contributed by atoms with van der Waals surface area (Å²) in [6.45, 7) is 6.76. The standard InChI is InChI=1S/C15H24/c1-4-7-8-15-10-9-13(5-2)11-14(6-3)12-15/h9,11-12H,4-8,10H2,1-3H3. The van der Waals surface area contributed by atoms with Gasteiger partial charge in [0.15, 0.2) is 0 Å². The zero-order valence-corrected chi connectivity index (χ0v) is 10.5. The van der Waals surface area contributed by atoms with E-state index in [0.717, 1.165) is 6.42 Å². The molecule has 0 saturated carbocycles. The zero-order chi connectivity index (χ0) is 11.1. The Morgan fingerprint density at radius 3 is 2.33 bits per heavy atom. The second-order valence-electron chi connectivity index (χ2n) is 4.32. The topological polar surface area (TPSA) is 0 Å². The Morgan fingerprint density at radius 2 is 1.73 bits per heavy atom. The van der Waals surface area contributed by atoms with E-state index in [1.807, 2.05) is 0 Å². The van der Waals surface area contributed by atoms with E-state index in [1.165, 1.54) is 43.3 Å². The molecule has 0 nitrogen and oxygen atoms in total. The molecule has 0 aromatic heterocycles. The maximum Gasteiger partial charge on any atom is -0.0130 e. The van der Waals surface area contributed by atoms with Gasteiger partial charge in [-0.25, -0.2) is 0 Å². The molecule has 1 aliphatic carbocycles. The van der Waals surface area contributed by atoms with Gasteiger partial charge in [-0.3, -0.25) is 0 Å². The zero-order valence-electron chi connectivity index (χ0n) is 10.5. The lowest BCUT2D eigenvalue weighted by Gasteiger charge is -2.03. The maximum atomic E-state index is 2.43. The Labute approximate surface area is 94.8 Å². The first-order valence-corrected chi connectivity index (χ1v) is 6.39. The molecule has 1 rings (SSSR count). The molecule has 0 spiro atoms. The van der Waals surface area contributed by atoms with Crippen LogP contribution in [0.15, 0.2) is 34.9 Å². The van der Waals surface area contributed by atoms with E-state index >= 15 is 0 Å². The molecule has 0 bridgehead atoms. The van der Waals surface area contributed by atoms with Crippen LogP contribution < -0.4 is 0 Å². The van der Waals surface area contributed by atoms with Gasteiger partial charge in [0.1, 0.15) is 0 Å². The van der Waals surface area contributed by atoms with Crippen molar-refractivity contribution in [3.8, 4) is 0 Å². The minimum absolute atomic E-state index is 1.16. The van der Waals surface area contributed by atoms with Crippen LogP contribution in [0, 0.1) is 0 Å². The van der Waals surface area contributed by atoms with Crippen LogP contribution >= 0.6 is 0 Å². The van der Waals surface area contributed by atoms with E-state index in [0.29, 0.717) is 0 Å². The minimum Gasteiger partial charge on any atom is -0.0772 e. The van der Waals surface area contributed by atoms with Gasteiger partial charge in [0.2, 0.25) is 0 Å². The van der Waals surface area contributed by atoms with Gasteiger partial charge in [0.05, 0.1) is 0 Å². The average molecular weight is 204 g/mol. The number of hydrogen-bond donors (Lipinski definition) is 0. The molecule has 0 unspecified atom stereocenters. The second kappa shape index (κ2) is 6.66. The summed E-state index contributed by atoms with van der Waals surface area (Å²) < 4.78 is 0. The van der Waals surface area contributed by atoms with E-state index in [1.54, 1.807) is 5.57 Å². The highest BCUT2D eigenvalue weighted by atomic mass is 14.1. The summed E-state index contributed by atoms with van der Waals surface area (Å²) in [5, 5.41) is 0. The first-order chi connectivity index (χ1) is 7.30. The Bertz CT molecular complexity index is 276. The molecule has 0 aromatic rings. The molecule has 0 amide bonds. The molecule has 0 fully saturated rings. The summed E-state index contributed by atoms with van der Waals surface area (Å²) in [5.41, 5.74) is 4.63. The fourth-order valence-electron chi connectivity index (χ4n) is 1.95. The lowest BCUT2D eigenvalue weighted by molar-refractivity contribution is 0.774. The molecule has 0 saturated heterocycles. The van der Waals surface area contributed by atoms with Crippen LogP contribution in [-0.4, -0.2) is 0 Å². The Morgan fingerprint density at radius 1 is 1.00 bits per heavy atom. The largest absolute Gasteiger partial charge is 0.0772 e. The molecular formula is C15H24. The summed E-state index contributed by atoms with van der Waals surface area (Å²) in [5.74, 6) is 0. The van der Waals surface area contributed by atoms with Gasteiger partial charge in [-0.2, -0.15) is 0 Å². The van der Waals surface area contributed by atoms with Crippen LogP contribution in [0.1, 0.15) is 59.3 Å². The third-order valence-corrected chi connectivity index (χ3v) is 3.05. The number of hydrogen-bond acceptors (Lipinski definition) is 0. The molecule has 0 aromatic carbocycles. The van der Waals surface area contributed by atoms with E-state index in [2.05, 4.69) is 39.0 Å². The summed E-state index contributed by atoms with van der Waals surface area (Å²) in [4.78, 5) is 0. The first kappa shape index (κ1) is 12.3. The summed E-state index contributed by atoms with van der Waals surface area (Å²) in [6.07, 6.45) is 14.6. The predicted octanol–water partition coefficient (Wildman–Crippen LogP) is 5.18. The van der Waals surface area contributed by atoms with Crippen LogP contribution in [-0.2, 0) is 0 Å². The molecule has 0 heterocycles. The van der Waals surface area contributed by atoms with Crippen molar-refractivity contribution in [3.63, 3.8) is 0 Å². The second-order valence-corrected chi connectivity index (χ2v) is 4.32. The third kappa shape index (κ3) is 4.07. The molecule has 84 valence electrons. The van der Waals surface area contributed by atoms with Crippen molar-refractivity contribution in [1.29, 1.82) is 0 Å². The molecule has 1 aliphatic rings. The monoisotopic (exact) mass is 204 g/mol. The van der Waals surface area contributed by atoms with Crippen molar-refractivity contribution in [1.82, 2.24) is 0 Å². The quantitative estimate of drug-likeness (QED) is 0.579. The highest BCUT2D eigenvalue weighted by molar-refractivity contribution is 5.36. The van der Waals surface area contributed by atoms with Crippen LogP contribution in [0.25, 0.3) is 0 Å². The van der Waals surface area contributed by atoms with Crippen LogP contribution in [0.5, 0.6) is 0 Å². The van der Waals surface area contributed by atoms with Crippen LogP contribution in [0.4, 0.5) is 0 Å². The highest BCUT2D eigenvalue weighted by Crippen LogP contribution is 2.23. The van der Waals surface area contributed by atoms with Crippen LogP contribution in [0.3, 0.4) is 0 Å². The molecular weight excluding hydrogens is 180 g/mol. The number of unbranched alkanes of at least 4 members (excludes halogenated alkanes) is 1. The minimum atomic E-state index is 1.16. The van der Waals surface area contributed by atoms with Crippen molar-refractivity contribution in [2.24, 2.45) is 0 Å². The van der Waals surface area contributed by atoms with Crippen molar-refractivity contribution < 1.29 is 0 Å². The van der Waals surface area contributed by atoms with Gasteiger partial charge in [-0.15, -0.1) is 0 Å². The van der Waals surface area contributed by atoms with Gasteiger partial charge >= 0.3 is 0 Å². The summed E-state index contributed by atoms with van der Waals surface area (Å²) in [6, 6.07) is 0. The third-order valence-electron chi connectivity index (χ3n) is 3.05. The fraction of sp³-hybridized carbons (Fsp3) is 0.600. The van der Waals surface area contributed by atoms with Gasteiger partial charge in [-0.1, -0.05) is 56.6 Å². The maximum absolute atomic E-state index is 2.43. The number of rotatable bonds is 5. The summed E-state index contributed by atoms with van der Waals surface area (Å²) in [7, 11) is 0. The number of allylic oxidation sites excluding steroid dienone is 6. The molecule has 0 radical (unpaired) electrons. The smallest absolute Gasteiger partial charge is 0.0130 e. The molecule has 0 N–H and O–H groups in total. The van der Waals surface area contributed by atoms with E-state index in [9.17, 15) is 0 Å². The van der Waals surface area contributed by atoms with Crippen molar-refractivity contribution in [2.45, 2.75) is 59.3 Å². The summed E-state index contributed by atoms with van der Waals surface area (Å²) >= 11 is 0. The molecule has 0 heteroatoms. The SMILES string of the molecule is CCCCC1=CC(CC)=CC(CC)=CC1. The van der Waals surface area contributed by atoms with Crippen molar-refractivity contribution >= 4 is 0 Å². The fourth-order valence-corrected chi connectivity index (χ4v) is 1.95. The van der Waals surface area contributed by atoms with Gasteiger partial charge in [0.25, 0.3) is 0 Å². The molecule has 0 aliphatic heterocycles. The predicted molar refractivity (Wildman–Crippen MR) is 69.0 cm³/mol. The Balaban J connectivity index is 2.72. The van der Waals surface area contributed by atoms with E-state index < -0.39 is 0 Å². The Hall–Kier alpha value is -0.780. The van der Waals surface area contributed by atoms with Gasteiger partial charge in [-0.05, 0) is 37.7 Å². The normalized spacial score (nSPS) is 16.6. The Kier molecular flexibility index (Phi) is 5.45. The van der Waals surface area contributed by atoms with Gasteiger partial charge < -0.3 is 0 Å². The first-order valence-electron chi connectivity index (χ1n) is 6.39. The van der Waals surface area contributed by atoms with Crippen molar-refractivity contribution in [3.05, 3.63) is 34.9 Å². The van der Waals surface area contributed by atoms with E-state index in [-0.39, 0.29) is 0 Å².